The summed E-state index contributed by atoms with van der Waals surface area (Å²) in [4.78, 5) is 11.3. The van der Waals surface area contributed by atoms with Crippen LogP contribution in [0.2, 0.25) is 0 Å². The smallest absolute Gasteiger partial charge is 0.142 e. The number of carbonyl (C=O) groups excluding carboxylic acids is 1. The second-order valence-electron chi connectivity index (χ2n) is 3.54. The minimum Gasteiger partial charge on any atom is -0.299 e. The van der Waals surface area contributed by atoms with Crippen LogP contribution in [0.3, 0.4) is 0 Å². The van der Waals surface area contributed by atoms with Gasteiger partial charge in [-0.15, -0.1) is 11.6 Å². The van der Waals surface area contributed by atoms with Crippen molar-refractivity contribution >= 4 is 17.4 Å². The summed E-state index contributed by atoms with van der Waals surface area (Å²) < 4.78 is 0. The van der Waals surface area contributed by atoms with Crippen molar-refractivity contribution < 1.29 is 4.79 Å². The molecule has 0 saturated heterocycles. The highest BCUT2D eigenvalue weighted by atomic mass is 35.5. The van der Waals surface area contributed by atoms with Gasteiger partial charge in [-0.3, -0.25) is 4.79 Å². The van der Waals surface area contributed by atoms with Crippen LogP contribution in [0.15, 0.2) is 0 Å². The van der Waals surface area contributed by atoms with Crippen molar-refractivity contribution in [2.75, 3.05) is 5.88 Å². The monoisotopic (exact) mass is 162 g/mol. The molecule has 0 aliphatic heterocycles. The van der Waals surface area contributed by atoms with Crippen LogP contribution in [-0.2, 0) is 4.79 Å². The van der Waals surface area contributed by atoms with Crippen LogP contribution >= 0.6 is 11.6 Å². The first kappa shape index (κ1) is 9.96. The topological polar surface area (TPSA) is 17.1 Å². The Labute approximate surface area is 67.8 Å². The Balaban J connectivity index is 4.19. The molecular formula is C8H15ClO. The fourth-order valence-corrected chi connectivity index (χ4v) is 0.979. The van der Waals surface area contributed by atoms with Gasteiger partial charge in [0, 0.05) is 17.2 Å². The Hall–Kier alpha value is -0.0400. The van der Waals surface area contributed by atoms with E-state index in [4.69, 9.17) is 11.6 Å². The van der Waals surface area contributed by atoms with Gasteiger partial charge in [-0.05, 0) is 0 Å². The number of alkyl halides is 1. The van der Waals surface area contributed by atoms with Gasteiger partial charge in [0.15, 0.2) is 0 Å². The molecule has 0 aromatic heterocycles. The molecule has 60 valence electrons. The van der Waals surface area contributed by atoms with Gasteiger partial charge >= 0.3 is 0 Å². The lowest BCUT2D eigenvalue weighted by Crippen LogP contribution is -2.29. The van der Waals surface area contributed by atoms with Crippen molar-refractivity contribution in [2.45, 2.75) is 27.7 Å². The van der Waals surface area contributed by atoms with Crippen molar-refractivity contribution in [3.8, 4) is 0 Å². The van der Waals surface area contributed by atoms with E-state index in [9.17, 15) is 4.79 Å². The summed E-state index contributed by atoms with van der Waals surface area (Å²) in [5.74, 6) is 0.737. The fraction of sp³-hybridized carbons (Fsp3) is 0.875. The first-order valence-corrected chi connectivity index (χ1v) is 4.05. The summed E-state index contributed by atoms with van der Waals surface area (Å²) in [5.41, 5.74) is -0.351. The molecule has 0 fully saturated rings. The lowest BCUT2D eigenvalue weighted by molar-refractivity contribution is -0.129. The minimum atomic E-state index is -0.351. The van der Waals surface area contributed by atoms with E-state index < -0.39 is 0 Å². The van der Waals surface area contributed by atoms with E-state index in [2.05, 4.69) is 0 Å². The third kappa shape index (κ3) is 2.30. The maximum Gasteiger partial charge on any atom is 0.142 e. The maximum atomic E-state index is 11.3. The zero-order valence-electron chi connectivity index (χ0n) is 7.07. The highest BCUT2D eigenvalue weighted by molar-refractivity contribution is 6.20. The Morgan fingerprint density at radius 2 is 1.90 bits per heavy atom. The molecular weight excluding hydrogens is 148 g/mol. The number of Topliss-reactive ketones (excluding diaryl/α,β-unsaturated/α-hetero) is 1. The van der Waals surface area contributed by atoms with Crippen molar-refractivity contribution in [1.29, 1.82) is 0 Å². The van der Waals surface area contributed by atoms with Crippen LogP contribution in [0.1, 0.15) is 27.7 Å². The Morgan fingerprint density at radius 1 is 1.50 bits per heavy atom. The van der Waals surface area contributed by atoms with Gasteiger partial charge in [0.05, 0.1) is 0 Å². The van der Waals surface area contributed by atoms with Crippen LogP contribution in [0.25, 0.3) is 0 Å². The molecule has 0 unspecified atom stereocenters. The average molecular weight is 163 g/mol. The molecule has 1 nitrogen and oxygen atoms in total. The molecule has 0 aromatic carbocycles. The van der Waals surface area contributed by atoms with Gasteiger partial charge in [-0.2, -0.15) is 0 Å². The number of hydrogen-bond acceptors (Lipinski definition) is 1. The molecule has 0 radical (unpaired) electrons. The van der Waals surface area contributed by atoms with Crippen molar-refractivity contribution in [3.63, 3.8) is 0 Å². The van der Waals surface area contributed by atoms with E-state index in [0.29, 0.717) is 5.88 Å². The summed E-state index contributed by atoms with van der Waals surface area (Å²) >= 11 is 5.61. The largest absolute Gasteiger partial charge is 0.299 e. The van der Waals surface area contributed by atoms with E-state index in [1.165, 1.54) is 0 Å². The van der Waals surface area contributed by atoms with Gasteiger partial charge in [0.1, 0.15) is 5.78 Å². The Morgan fingerprint density at radius 3 is 2.00 bits per heavy atom. The van der Waals surface area contributed by atoms with Crippen LogP contribution < -0.4 is 0 Å². The predicted molar refractivity (Wildman–Crippen MR) is 44.3 cm³/mol. The van der Waals surface area contributed by atoms with E-state index in [0.717, 1.165) is 0 Å². The number of hydrogen-bond donors (Lipinski definition) is 0. The number of halogens is 1. The van der Waals surface area contributed by atoms with Gasteiger partial charge in [-0.1, -0.05) is 27.7 Å². The summed E-state index contributed by atoms with van der Waals surface area (Å²) in [5, 5.41) is 0. The summed E-state index contributed by atoms with van der Waals surface area (Å²) in [6.07, 6.45) is 0. The standard InChI is InChI=1S/C8H15ClO/c1-6(2)7(10)8(3,4)5-9/h6H,5H2,1-4H3. The quantitative estimate of drug-likeness (QED) is 0.583. The Bertz CT molecular complexity index is 127. The third-order valence-corrected chi connectivity index (χ3v) is 2.19. The SMILES string of the molecule is CC(C)C(=O)C(C)(C)CCl. The number of ketones is 1. The molecule has 0 aromatic rings. The zero-order valence-corrected chi connectivity index (χ0v) is 7.83. The normalized spacial score (nSPS) is 12.2. The number of carbonyl (C=O) groups is 1. The molecule has 0 aliphatic carbocycles. The van der Waals surface area contributed by atoms with Gasteiger partial charge < -0.3 is 0 Å². The molecule has 0 N–H and O–H groups in total. The van der Waals surface area contributed by atoms with Crippen LogP contribution in [0, 0.1) is 11.3 Å². The summed E-state index contributed by atoms with van der Waals surface area (Å²) in [6, 6.07) is 0. The Kier molecular flexibility index (Phi) is 3.37. The molecule has 0 bridgehead atoms. The molecule has 0 spiro atoms. The molecule has 0 aliphatic rings. The van der Waals surface area contributed by atoms with E-state index in [1.54, 1.807) is 0 Å². The average Bonchev–Trinajstić information content (AvgIpc) is 1.86. The van der Waals surface area contributed by atoms with Gasteiger partial charge in [0.25, 0.3) is 0 Å². The van der Waals surface area contributed by atoms with Crippen LogP contribution in [0.4, 0.5) is 0 Å². The van der Waals surface area contributed by atoms with E-state index in [1.807, 2.05) is 27.7 Å². The van der Waals surface area contributed by atoms with Crippen molar-refractivity contribution in [3.05, 3.63) is 0 Å². The van der Waals surface area contributed by atoms with Crippen molar-refractivity contribution in [1.82, 2.24) is 0 Å². The first-order chi connectivity index (χ1) is 4.41. The molecule has 0 amide bonds. The van der Waals surface area contributed by atoms with Crippen LogP contribution in [0.5, 0.6) is 0 Å². The highest BCUT2D eigenvalue weighted by Crippen LogP contribution is 2.22. The van der Waals surface area contributed by atoms with Crippen LogP contribution in [-0.4, -0.2) is 11.7 Å². The molecule has 0 heterocycles. The molecule has 0 rings (SSSR count). The van der Waals surface area contributed by atoms with Gasteiger partial charge in [0.2, 0.25) is 0 Å². The van der Waals surface area contributed by atoms with E-state index >= 15 is 0 Å². The van der Waals surface area contributed by atoms with Gasteiger partial charge in [-0.25, -0.2) is 0 Å². The summed E-state index contributed by atoms with van der Waals surface area (Å²) in [6.45, 7) is 7.55. The molecule has 0 saturated carbocycles. The zero-order chi connectivity index (χ0) is 8.36. The van der Waals surface area contributed by atoms with Crippen molar-refractivity contribution in [2.24, 2.45) is 11.3 Å². The lowest BCUT2D eigenvalue weighted by Gasteiger charge is -2.21. The minimum absolute atomic E-state index is 0.0914. The second kappa shape index (κ2) is 3.38. The number of rotatable bonds is 3. The predicted octanol–water partition coefficient (Wildman–Crippen LogP) is 2.48. The fourth-order valence-electron chi connectivity index (χ4n) is 0.847. The lowest BCUT2D eigenvalue weighted by atomic mass is 9.84. The summed E-state index contributed by atoms with van der Waals surface area (Å²) in [7, 11) is 0. The molecule has 2 heteroatoms. The second-order valence-corrected chi connectivity index (χ2v) is 3.80. The molecule has 10 heavy (non-hydrogen) atoms. The molecule has 0 atom stereocenters. The first-order valence-electron chi connectivity index (χ1n) is 3.52. The maximum absolute atomic E-state index is 11.3. The van der Waals surface area contributed by atoms with E-state index in [-0.39, 0.29) is 17.1 Å². The third-order valence-electron chi connectivity index (χ3n) is 1.53. The highest BCUT2D eigenvalue weighted by Gasteiger charge is 2.27.